The second kappa shape index (κ2) is 8.02. The van der Waals surface area contributed by atoms with Gasteiger partial charge < -0.3 is 10.4 Å². The fourth-order valence-electron chi connectivity index (χ4n) is 4.04. The molecule has 146 valence electrons. The number of hydrogen-bond acceptors (Lipinski definition) is 2. The fourth-order valence-corrected chi connectivity index (χ4v) is 4.04. The highest BCUT2D eigenvalue weighted by molar-refractivity contribution is 5.84. The van der Waals surface area contributed by atoms with Crippen molar-refractivity contribution in [2.45, 2.75) is 12.1 Å². The van der Waals surface area contributed by atoms with Crippen molar-refractivity contribution in [2.75, 3.05) is 5.32 Å². The Hall–Kier alpha value is -3.62. The molecule has 5 aromatic rings. The summed E-state index contributed by atoms with van der Waals surface area (Å²) in [4.78, 5) is 0. The Kier molecular flexibility index (Phi) is 4.92. The molecule has 2 heteroatoms. The van der Waals surface area contributed by atoms with Gasteiger partial charge in [0.25, 0.3) is 0 Å². The molecule has 2 nitrogen and oxygen atoms in total. The van der Waals surface area contributed by atoms with Gasteiger partial charge in [-0.2, -0.15) is 0 Å². The van der Waals surface area contributed by atoms with Crippen LogP contribution >= 0.6 is 0 Å². The van der Waals surface area contributed by atoms with Crippen molar-refractivity contribution in [1.82, 2.24) is 0 Å². The molecule has 0 saturated carbocycles. The molecule has 0 aliphatic rings. The fraction of sp³-hybridized carbons (Fsp3) is 0.0714. The SMILES string of the molecule is O[C@@H](c1ccc2ccccc2c1)[C@@H](Nc1ccccc1)c1ccc2ccccc2c1. The van der Waals surface area contributed by atoms with Gasteiger partial charge in [0.2, 0.25) is 0 Å². The first kappa shape index (κ1) is 18.4. The number of benzene rings is 5. The first-order valence-electron chi connectivity index (χ1n) is 10.2. The molecule has 0 saturated heterocycles. The Labute approximate surface area is 176 Å². The quantitative estimate of drug-likeness (QED) is 0.343. The molecule has 0 radical (unpaired) electrons. The molecule has 5 aromatic carbocycles. The molecular weight excluding hydrogens is 366 g/mol. The number of nitrogens with one attached hydrogen (secondary N) is 1. The van der Waals surface area contributed by atoms with E-state index in [9.17, 15) is 5.11 Å². The van der Waals surface area contributed by atoms with E-state index < -0.39 is 6.10 Å². The Balaban J connectivity index is 1.58. The molecule has 0 heterocycles. The van der Waals surface area contributed by atoms with Crippen molar-refractivity contribution >= 4 is 27.2 Å². The van der Waals surface area contributed by atoms with E-state index in [4.69, 9.17) is 0 Å². The van der Waals surface area contributed by atoms with E-state index in [1.807, 2.05) is 60.7 Å². The minimum atomic E-state index is -0.698. The van der Waals surface area contributed by atoms with Crippen LogP contribution < -0.4 is 5.32 Å². The van der Waals surface area contributed by atoms with Crippen LogP contribution in [0.3, 0.4) is 0 Å². The summed E-state index contributed by atoms with van der Waals surface area (Å²) in [5.41, 5.74) is 2.93. The Morgan fingerprint density at radius 2 is 1.00 bits per heavy atom. The normalized spacial score (nSPS) is 13.2. The molecule has 30 heavy (non-hydrogen) atoms. The van der Waals surface area contributed by atoms with Gasteiger partial charge in [-0.15, -0.1) is 0 Å². The lowest BCUT2D eigenvalue weighted by molar-refractivity contribution is 0.155. The highest BCUT2D eigenvalue weighted by Crippen LogP contribution is 2.34. The molecule has 0 unspecified atom stereocenters. The van der Waals surface area contributed by atoms with Crippen LogP contribution in [0.5, 0.6) is 0 Å². The predicted molar refractivity (Wildman–Crippen MR) is 126 cm³/mol. The third-order valence-corrected chi connectivity index (χ3v) is 5.66. The van der Waals surface area contributed by atoms with Crippen LogP contribution in [0, 0.1) is 0 Å². The molecule has 0 aliphatic heterocycles. The number of para-hydroxylation sites is 1. The third-order valence-electron chi connectivity index (χ3n) is 5.66. The van der Waals surface area contributed by atoms with E-state index in [0.717, 1.165) is 22.2 Å². The van der Waals surface area contributed by atoms with Crippen molar-refractivity contribution in [1.29, 1.82) is 0 Å². The van der Waals surface area contributed by atoms with Crippen molar-refractivity contribution in [3.63, 3.8) is 0 Å². The summed E-state index contributed by atoms with van der Waals surface area (Å²) in [5, 5.41) is 19.7. The van der Waals surface area contributed by atoms with E-state index in [1.54, 1.807) is 0 Å². The van der Waals surface area contributed by atoms with Gasteiger partial charge >= 0.3 is 0 Å². The molecule has 0 spiro atoms. The van der Waals surface area contributed by atoms with Gasteiger partial charge in [0.1, 0.15) is 6.10 Å². The molecule has 2 atom stereocenters. The maximum atomic E-state index is 11.5. The summed E-state index contributed by atoms with van der Waals surface area (Å²) in [7, 11) is 0. The number of fused-ring (bicyclic) bond motifs is 2. The maximum absolute atomic E-state index is 11.5. The monoisotopic (exact) mass is 389 g/mol. The molecule has 0 amide bonds. The molecular formula is C28H23NO. The lowest BCUT2D eigenvalue weighted by Gasteiger charge is -2.27. The maximum Gasteiger partial charge on any atom is 0.103 e. The average molecular weight is 389 g/mol. The summed E-state index contributed by atoms with van der Waals surface area (Å²) >= 11 is 0. The van der Waals surface area contributed by atoms with Gasteiger partial charge in [0.05, 0.1) is 6.04 Å². The predicted octanol–water partition coefficient (Wildman–Crippen LogP) is 6.88. The second-order valence-electron chi connectivity index (χ2n) is 7.65. The molecule has 0 aliphatic carbocycles. The summed E-state index contributed by atoms with van der Waals surface area (Å²) in [6.45, 7) is 0. The third kappa shape index (κ3) is 3.66. The van der Waals surface area contributed by atoms with E-state index in [0.29, 0.717) is 0 Å². The number of anilines is 1. The van der Waals surface area contributed by atoms with E-state index in [-0.39, 0.29) is 6.04 Å². The van der Waals surface area contributed by atoms with Crippen LogP contribution in [-0.4, -0.2) is 5.11 Å². The smallest absolute Gasteiger partial charge is 0.103 e. The summed E-state index contributed by atoms with van der Waals surface area (Å²) in [6.07, 6.45) is -0.698. The first-order valence-corrected chi connectivity index (χ1v) is 10.2. The molecule has 0 fully saturated rings. The van der Waals surface area contributed by atoms with E-state index in [1.165, 1.54) is 16.2 Å². The Morgan fingerprint density at radius 3 is 1.63 bits per heavy atom. The van der Waals surface area contributed by atoms with Gasteiger partial charge in [-0.1, -0.05) is 91.0 Å². The topological polar surface area (TPSA) is 32.3 Å². The Morgan fingerprint density at radius 1 is 0.500 bits per heavy atom. The van der Waals surface area contributed by atoms with Crippen LogP contribution in [0.2, 0.25) is 0 Å². The largest absolute Gasteiger partial charge is 0.386 e. The zero-order valence-corrected chi connectivity index (χ0v) is 16.6. The highest BCUT2D eigenvalue weighted by Gasteiger charge is 2.23. The van der Waals surface area contributed by atoms with Crippen molar-refractivity contribution in [2.24, 2.45) is 0 Å². The standard InChI is InChI=1S/C28H23NO/c30-28(25-17-15-21-9-5-7-11-23(21)19-25)27(29-26-12-2-1-3-13-26)24-16-14-20-8-4-6-10-22(20)18-24/h1-19,27-30H/t27-,28-/m0/s1. The molecule has 0 aromatic heterocycles. The van der Waals surface area contributed by atoms with E-state index >= 15 is 0 Å². The summed E-state index contributed by atoms with van der Waals surface area (Å²) < 4.78 is 0. The summed E-state index contributed by atoms with van der Waals surface area (Å²) in [5.74, 6) is 0. The zero-order valence-electron chi connectivity index (χ0n) is 16.6. The van der Waals surface area contributed by atoms with Gasteiger partial charge in [0, 0.05) is 5.69 Å². The minimum Gasteiger partial charge on any atom is -0.386 e. The minimum absolute atomic E-state index is 0.279. The first-order chi connectivity index (χ1) is 14.8. The van der Waals surface area contributed by atoms with Crippen molar-refractivity contribution < 1.29 is 5.11 Å². The molecule has 0 bridgehead atoms. The van der Waals surface area contributed by atoms with Crippen LogP contribution in [0.15, 0.2) is 115 Å². The van der Waals surface area contributed by atoms with Gasteiger partial charge in [-0.25, -0.2) is 0 Å². The zero-order chi connectivity index (χ0) is 20.3. The second-order valence-corrected chi connectivity index (χ2v) is 7.65. The van der Waals surface area contributed by atoms with Crippen LogP contribution in [0.25, 0.3) is 21.5 Å². The van der Waals surface area contributed by atoms with Crippen LogP contribution in [0.1, 0.15) is 23.3 Å². The number of hydrogen-bond donors (Lipinski definition) is 2. The average Bonchev–Trinajstić information content (AvgIpc) is 2.82. The number of rotatable bonds is 5. The van der Waals surface area contributed by atoms with Crippen molar-refractivity contribution in [3.8, 4) is 0 Å². The molecule has 2 N–H and O–H groups in total. The Bertz CT molecular complexity index is 1300. The van der Waals surface area contributed by atoms with Gasteiger partial charge in [-0.3, -0.25) is 0 Å². The van der Waals surface area contributed by atoms with Gasteiger partial charge in [-0.05, 0) is 56.9 Å². The lowest BCUT2D eigenvalue weighted by Crippen LogP contribution is -2.19. The number of aliphatic hydroxyl groups excluding tert-OH is 1. The van der Waals surface area contributed by atoms with Crippen molar-refractivity contribution in [3.05, 3.63) is 126 Å². The molecule has 5 rings (SSSR count). The van der Waals surface area contributed by atoms with Crippen LogP contribution in [0.4, 0.5) is 5.69 Å². The highest BCUT2D eigenvalue weighted by atomic mass is 16.3. The number of aliphatic hydroxyl groups is 1. The van der Waals surface area contributed by atoms with Gasteiger partial charge in [0.15, 0.2) is 0 Å². The lowest BCUT2D eigenvalue weighted by atomic mass is 9.92. The van der Waals surface area contributed by atoms with Crippen LogP contribution in [-0.2, 0) is 0 Å². The van der Waals surface area contributed by atoms with E-state index in [2.05, 4.69) is 59.9 Å². The summed E-state index contributed by atoms with van der Waals surface area (Å²) in [6, 6.07) is 38.9.